The molecule has 0 aromatic heterocycles. The first kappa shape index (κ1) is 17.0. The van der Waals surface area contributed by atoms with Crippen LogP contribution in [0.1, 0.15) is 29.3 Å². The quantitative estimate of drug-likeness (QED) is 0.744. The van der Waals surface area contributed by atoms with Crippen molar-refractivity contribution in [2.24, 2.45) is 0 Å². The number of imide groups is 1. The molecule has 0 bridgehead atoms. The van der Waals surface area contributed by atoms with Crippen molar-refractivity contribution in [3.8, 4) is 0 Å². The summed E-state index contributed by atoms with van der Waals surface area (Å²) in [5.41, 5.74) is -0.356. The summed E-state index contributed by atoms with van der Waals surface area (Å²) >= 11 is 0. The predicted octanol–water partition coefficient (Wildman–Crippen LogP) is 0.373. The zero-order valence-electron chi connectivity index (χ0n) is 14.5. The number of nitrogens with one attached hydrogen (secondary N) is 2. The van der Waals surface area contributed by atoms with E-state index in [1.54, 1.807) is 31.2 Å². The summed E-state index contributed by atoms with van der Waals surface area (Å²) in [6.07, 6.45) is 0.765. The van der Waals surface area contributed by atoms with E-state index in [0.717, 1.165) is 6.42 Å². The van der Waals surface area contributed by atoms with Gasteiger partial charge in [0.1, 0.15) is 5.54 Å². The van der Waals surface area contributed by atoms with Gasteiger partial charge in [-0.15, -0.1) is 0 Å². The Hall–Kier alpha value is -2.45. The van der Waals surface area contributed by atoms with Gasteiger partial charge in [-0.3, -0.25) is 14.9 Å². The number of ether oxygens (including phenoxy) is 2. The van der Waals surface area contributed by atoms with Gasteiger partial charge in [-0.25, -0.2) is 4.79 Å². The van der Waals surface area contributed by atoms with Gasteiger partial charge in [0.25, 0.3) is 11.8 Å². The normalized spacial score (nSPS) is 31.2. The van der Waals surface area contributed by atoms with E-state index in [0.29, 0.717) is 44.1 Å². The molecule has 4 amide bonds. The van der Waals surface area contributed by atoms with Gasteiger partial charge in [0.15, 0.2) is 0 Å². The Morgan fingerprint density at radius 3 is 2.42 bits per heavy atom. The molecule has 3 saturated heterocycles. The fourth-order valence-electron chi connectivity index (χ4n) is 3.82. The lowest BCUT2D eigenvalue weighted by Gasteiger charge is -2.43. The average Bonchev–Trinajstić information content (AvgIpc) is 3.20. The second-order valence-electron chi connectivity index (χ2n) is 7.15. The van der Waals surface area contributed by atoms with Crippen LogP contribution in [0.5, 0.6) is 0 Å². The van der Waals surface area contributed by atoms with Gasteiger partial charge in [0.2, 0.25) is 0 Å². The van der Waals surface area contributed by atoms with Crippen molar-refractivity contribution in [3.05, 3.63) is 35.4 Å². The number of amides is 4. The molecule has 2 unspecified atom stereocenters. The lowest BCUT2D eigenvalue weighted by atomic mass is 9.91. The average molecular weight is 359 g/mol. The van der Waals surface area contributed by atoms with Gasteiger partial charge in [0.05, 0.1) is 25.4 Å². The maximum Gasteiger partial charge on any atom is 0.322 e. The molecule has 8 nitrogen and oxygen atoms in total. The lowest BCUT2D eigenvalue weighted by Crippen LogP contribution is -2.59. The van der Waals surface area contributed by atoms with Gasteiger partial charge >= 0.3 is 6.03 Å². The number of benzene rings is 1. The molecule has 3 aliphatic heterocycles. The molecule has 4 rings (SSSR count). The number of hydrogen-bond donors (Lipinski definition) is 2. The standard InChI is InChI=1S/C18H21N3O5/c1-17(15(23)19-16(24)20-17)13-4-2-12(3-5-13)14(22)21-7-9-26-11-18(21)6-8-25-10-18/h2-5H,6-11H2,1H3,(H2,19,20,23,24). The van der Waals surface area contributed by atoms with Crippen molar-refractivity contribution in [2.75, 3.05) is 33.0 Å². The molecule has 26 heavy (non-hydrogen) atoms. The van der Waals surface area contributed by atoms with Crippen LogP contribution in [-0.4, -0.2) is 61.3 Å². The molecule has 3 fully saturated rings. The summed E-state index contributed by atoms with van der Waals surface area (Å²) in [6, 6.07) is 6.28. The summed E-state index contributed by atoms with van der Waals surface area (Å²) in [5, 5.41) is 4.86. The van der Waals surface area contributed by atoms with E-state index in [-0.39, 0.29) is 11.4 Å². The largest absolute Gasteiger partial charge is 0.379 e. The maximum atomic E-state index is 13.1. The molecule has 2 atom stereocenters. The molecule has 0 aliphatic carbocycles. The minimum absolute atomic E-state index is 0.0737. The number of carbonyl (C=O) groups excluding carboxylic acids is 3. The second-order valence-corrected chi connectivity index (χ2v) is 7.15. The molecular weight excluding hydrogens is 338 g/mol. The van der Waals surface area contributed by atoms with E-state index in [4.69, 9.17) is 9.47 Å². The minimum Gasteiger partial charge on any atom is -0.379 e. The smallest absolute Gasteiger partial charge is 0.322 e. The molecule has 1 spiro atoms. The highest BCUT2D eigenvalue weighted by atomic mass is 16.5. The molecule has 8 heteroatoms. The summed E-state index contributed by atoms with van der Waals surface area (Å²) in [4.78, 5) is 38.4. The first-order chi connectivity index (χ1) is 12.4. The van der Waals surface area contributed by atoms with E-state index in [1.807, 2.05) is 4.90 Å². The Labute approximate surface area is 150 Å². The van der Waals surface area contributed by atoms with Crippen LogP contribution >= 0.6 is 0 Å². The Balaban J connectivity index is 1.58. The number of nitrogens with zero attached hydrogens (tertiary/aromatic N) is 1. The molecule has 138 valence electrons. The monoisotopic (exact) mass is 359 g/mol. The van der Waals surface area contributed by atoms with Crippen LogP contribution < -0.4 is 10.6 Å². The number of rotatable bonds is 2. The zero-order valence-corrected chi connectivity index (χ0v) is 14.5. The van der Waals surface area contributed by atoms with Crippen LogP contribution in [0.25, 0.3) is 0 Å². The lowest BCUT2D eigenvalue weighted by molar-refractivity contribution is -0.123. The molecular formula is C18H21N3O5. The molecule has 1 aromatic rings. The van der Waals surface area contributed by atoms with Crippen LogP contribution in [-0.2, 0) is 19.8 Å². The van der Waals surface area contributed by atoms with Crippen molar-refractivity contribution in [1.82, 2.24) is 15.5 Å². The first-order valence-electron chi connectivity index (χ1n) is 8.66. The summed E-state index contributed by atoms with van der Waals surface area (Å²) in [5.74, 6) is -0.479. The highest BCUT2D eigenvalue weighted by Crippen LogP contribution is 2.31. The van der Waals surface area contributed by atoms with Crippen molar-refractivity contribution >= 4 is 17.8 Å². The van der Waals surface area contributed by atoms with E-state index in [1.165, 1.54) is 0 Å². The highest BCUT2D eigenvalue weighted by Gasteiger charge is 2.46. The number of morpholine rings is 1. The van der Waals surface area contributed by atoms with Gasteiger partial charge in [-0.2, -0.15) is 0 Å². The number of urea groups is 1. The van der Waals surface area contributed by atoms with Crippen LogP contribution in [0, 0.1) is 0 Å². The van der Waals surface area contributed by atoms with Crippen molar-refractivity contribution in [2.45, 2.75) is 24.4 Å². The first-order valence-corrected chi connectivity index (χ1v) is 8.66. The van der Waals surface area contributed by atoms with Crippen LogP contribution in [0.3, 0.4) is 0 Å². The van der Waals surface area contributed by atoms with E-state index in [2.05, 4.69) is 10.6 Å². The second kappa shape index (κ2) is 6.07. The molecule has 0 saturated carbocycles. The zero-order chi connectivity index (χ0) is 18.4. The van der Waals surface area contributed by atoms with E-state index in [9.17, 15) is 14.4 Å². The molecule has 0 radical (unpaired) electrons. The molecule has 2 N–H and O–H groups in total. The van der Waals surface area contributed by atoms with Crippen LogP contribution in [0.15, 0.2) is 24.3 Å². The number of carbonyl (C=O) groups is 3. The van der Waals surface area contributed by atoms with E-state index < -0.39 is 17.5 Å². The fourth-order valence-corrected chi connectivity index (χ4v) is 3.82. The van der Waals surface area contributed by atoms with Crippen LogP contribution in [0.2, 0.25) is 0 Å². The fraction of sp³-hybridized carbons (Fsp3) is 0.500. The minimum atomic E-state index is -1.13. The summed E-state index contributed by atoms with van der Waals surface area (Å²) in [7, 11) is 0. The van der Waals surface area contributed by atoms with E-state index >= 15 is 0 Å². The highest BCUT2D eigenvalue weighted by molar-refractivity contribution is 6.07. The Morgan fingerprint density at radius 1 is 1.12 bits per heavy atom. The third-order valence-electron chi connectivity index (χ3n) is 5.48. The summed E-state index contributed by atoms with van der Waals surface area (Å²) < 4.78 is 11.1. The van der Waals surface area contributed by atoms with Crippen molar-refractivity contribution in [3.63, 3.8) is 0 Å². The van der Waals surface area contributed by atoms with Gasteiger partial charge in [-0.05, 0) is 31.0 Å². The molecule has 3 heterocycles. The summed E-state index contributed by atoms with van der Waals surface area (Å²) in [6.45, 7) is 4.27. The third kappa shape index (κ3) is 2.57. The topological polar surface area (TPSA) is 97.0 Å². The van der Waals surface area contributed by atoms with Crippen LogP contribution in [0.4, 0.5) is 4.79 Å². The Kier molecular flexibility index (Phi) is 3.96. The SMILES string of the molecule is CC1(c2ccc(C(=O)N3CCOCC34CCOC4)cc2)NC(=O)NC1=O. The third-order valence-corrected chi connectivity index (χ3v) is 5.48. The Bertz CT molecular complexity index is 757. The predicted molar refractivity (Wildman–Crippen MR) is 90.5 cm³/mol. The van der Waals surface area contributed by atoms with Gasteiger partial charge in [0, 0.05) is 18.7 Å². The molecule has 3 aliphatic rings. The van der Waals surface area contributed by atoms with Gasteiger partial charge in [-0.1, -0.05) is 12.1 Å². The Morgan fingerprint density at radius 2 is 1.81 bits per heavy atom. The molecule has 1 aromatic carbocycles. The van der Waals surface area contributed by atoms with Crippen molar-refractivity contribution in [1.29, 1.82) is 0 Å². The number of hydrogen-bond acceptors (Lipinski definition) is 5. The maximum absolute atomic E-state index is 13.1. The van der Waals surface area contributed by atoms with Gasteiger partial charge < -0.3 is 19.7 Å². The van der Waals surface area contributed by atoms with Crippen molar-refractivity contribution < 1.29 is 23.9 Å².